The highest BCUT2D eigenvalue weighted by molar-refractivity contribution is 5.85. The molecular formula is C11H22ClNO2. The first kappa shape index (κ1) is 13.2. The lowest BCUT2D eigenvalue weighted by atomic mass is 10.0. The van der Waals surface area contributed by atoms with Crippen molar-refractivity contribution in [2.75, 3.05) is 32.9 Å². The van der Waals surface area contributed by atoms with Gasteiger partial charge >= 0.3 is 0 Å². The predicted molar refractivity (Wildman–Crippen MR) is 62.6 cm³/mol. The molecule has 2 heterocycles. The number of hydrogen-bond acceptors (Lipinski definition) is 3. The largest absolute Gasteiger partial charge is 0.378 e. The first-order valence-electron chi connectivity index (χ1n) is 5.85. The van der Waals surface area contributed by atoms with E-state index in [0.717, 1.165) is 32.3 Å². The van der Waals surface area contributed by atoms with Crippen LogP contribution in [0, 0.1) is 5.92 Å². The van der Waals surface area contributed by atoms with E-state index in [-0.39, 0.29) is 12.4 Å². The maximum absolute atomic E-state index is 5.69. The Labute approximate surface area is 98.3 Å². The highest BCUT2D eigenvalue weighted by Crippen LogP contribution is 2.14. The monoisotopic (exact) mass is 235 g/mol. The van der Waals surface area contributed by atoms with E-state index >= 15 is 0 Å². The molecule has 2 rings (SSSR count). The molecule has 2 aliphatic heterocycles. The van der Waals surface area contributed by atoms with Gasteiger partial charge in [-0.15, -0.1) is 12.4 Å². The summed E-state index contributed by atoms with van der Waals surface area (Å²) < 4.78 is 11.2. The van der Waals surface area contributed by atoms with Gasteiger partial charge in [0.25, 0.3) is 0 Å². The molecule has 2 aliphatic rings. The van der Waals surface area contributed by atoms with Crippen LogP contribution in [0.2, 0.25) is 0 Å². The Balaban J connectivity index is 0.00000112. The van der Waals surface area contributed by atoms with Gasteiger partial charge < -0.3 is 14.8 Å². The van der Waals surface area contributed by atoms with E-state index < -0.39 is 0 Å². The molecule has 2 saturated heterocycles. The summed E-state index contributed by atoms with van der Waals surface area (Å²) in [6, 6.07) is 0. The molecule has 0 radical (unpaired) electrons. The number of hydrogen-bond donors (Lipinski definition) is 1. The van der Waals surface area contributed by atoms with Crippen molar-refractivity contribution in [3.05, 3.63) is 0 Å². The first-order chi connectivity index (χ1) is 6.95. The van der Waals surface area contributed by atoms with Crippen molar-refractivity contribution in [3.8, 4) is 0 Å². The number of nitrogens with one attached hydrogen (secondary N) is 1. The average Bonchev–Trinajstić information content (AvgIpc) is 2.72. The molecule has 0 aliphatic carbocycles. The van der Waals surface area contributed by atoms with Gasteiger partial charge in [0.2, 0.25) is 0 Å². The molecule has 4 heteroatoms. The normalized spacial score (nSPS) is 31.2. The zero-order chi connectivity index (χ0) is 9.64. The van der Waals surface area contributed by atoms with E-state index in [4.69, 9.17) is 9.47 Å². The van der Waals surface area contributed by atoms with Crippen LogP contribution < -0.4 is 5.32 Å². The van der Waals surface area contributed by atoms with E-state index in [2.05, 4.69) is 5.32 Å². The van der Waals surface area contributed by atoms with Crippen molar-refractivity contribution in [1.29, 1.82) is 0 Å². The van der Waals surface area contributed by atoms with E-state index in [1.165, 1.54) is 32.2 Å². The van der Waals surface area contributed by atoms with Crippen LogP contribution in [-0.4, -0.2) is 39.0 Å². The molecule has 0 aromatic heterocycles. The highest BCUT2D eigenvalue weighted by atomic mass is 35.5. The lowest BCUT2D eigenvalue weighted by Gasteiger charge is -2.23. The molecule has 3 nitrogen and oxygen atoms in total. The molecule has 0 aromatic rings. The van der Waals surface area contributed by atoms with Crippen LogP contribution in [0.4, 0.5) is 0 Å². The van der Waals surface area contributed by atoms with Crippen LogP contribution in [0.5, 0.6) is 0 Å². The quantitative estimate of drug-likeness (QED) is 0.803. The van der Waals surface area contributed by atoms with Gasteiger partial charge in [0.15, 0.2) is 0 Å². The minimum Gasteiger partial charge on any atom is -0.378 e. The third kappa shape index (κ3) is 4.68. The summed E-state index contributed by atoms with van der Waals surface area (Å²) in [6.07, 6.45) is 5.39. The maximum atomic E-state index is 5.69. The number of ether oxygens (including phenoxy) is 2. The zero-order valence-corrected chi connectivity index (χ0v) is 10.1. The fourth-order valence-corrected chi connectivity index (χ4v) is 2.21. The summed E-state index contributed by atoms with van der Waals surface area (Å²) in [7, 11) is 0. The molecule has 2 atom stereocenters. The summed E-state index contributed by atoms with van der Waals surface area (Å²) in [4.78, 5) is 0. The Hall–Kier alpha value is 0.170. The van der Waals surface area contributed by atoms with E-state index in [1.54, 1.807) is 0 Å². The lowest BCUT2D eigenvalue weighted by molar-refractivity contribution is 0.00268. The fraction of sp³-hybridized carbons (Fsp3) is 1.00. The summed E-state index contributed by atoms with van der Waals surface area (Å²) >= 11 is 0. The molecule has 0 amide bonds. The Kier molecular flexibility index (Phi) is 6.57. The Morgan fingerprint density at radius 2 is 2.13 bits per heavy atom. The molecule has 15 heavy (non-hydrogen) atoms. The van der Waals surface area contributed by atoms with Gasteiger partial charge in [0, 0.05) is 13.2 Å². The van der Waals surface area contributed by atoms with Crippen LogP contribution in [0.15, 0.2) is 0 Å². The molecule has 2 fully saturated rings. The van der Waals surface area contributed by atoms with E-state index in [1.807, 2.05) is 0 Å². The second-order valence-electron chi connectivity index (χ2n) is 4.38. The highest BCUT2D eigenvalue weighted by Gasteiger charge is 2.17. The first-order valence-corrected chi connectivity index (χ1v) is 5.85. The lowest BCUT2D eigenvalue weighted by Crippen LogP contribution is -2.33. The number of piperidine rings is 1. The molecule has 0 bridgehead atoms. The second kappa shape index (κ2) is 7.44. The summed E-state index contributed by atoms with van der Waals surface area (Å²) in [5, 5.41) is 3.40. The Morgan fingerprint density at radius 3 is 2.80 bits per heavy atom. The summed E-state index contributed by atoms with van der Waals surface area (Å²) in [5.74, 6) is 0.727. The fourth-order valence-electron chi connectivity index (χ4n) is 2.21. The second-order valence-corrected chi connectivity index (χ2v) is 4.38. The van der Waals surface area contributed by atoms with Crippen molar-refractivity contribution in [3.63, 3.8) is 0 Å². The van der Waals surface area contributed by atoms with Crippen LogP contribution in [-0.2, 0) is 9.47 Å². The summed E-state index contributed by atoms with van der Waals surface area (Å²) in [5.41, 5.74) is 0. The van der Waals surface area contributed by atoms with Crippen molar-refractivity contribution in [2.24, 2.45) is 5.92 Å². The van der Waals surface area contributed by atoms with Crippen molar-refractivity contribution >= 4 is 12.4 Å². The van der Waals surface area contributed by atoms with Gasteiger partial charge in [-0.05, 0) is 38.1 Å². The summed E-state index contributed by atoms with van der Waals surface area (Å²) in [6.45, 7) is 4.95. The van der Waals surface area contributed by atoms with Gasteiger partial charge in [-0.25, -0.2) is 0 Å². The zero-order valence-electron chi connectivity index (χ0n) is 9.24. The van der Waals surface area contributed by atoms with Crippen LogP contribution in [0.3, 0.4) is 0 Å². The maximum Gasteiger partial charge on any atom is 0.0809 e. The van der Waals surface area contributed by atoms with Crippen molar-refractivity contribution < 1.29 is 9.47 Å². The SMILES string of the molecule is C1CNCC(COCC2CCCO2)C1.Cl. The van der Waals surface area contributed by atoms with Crippen LogP contribution in [0.25, 0.3) is 0 Å². The predicted octanol–water partition coefficient (Wildman–Crippen LogP) is 1.60. The molecule has 90 valence electrons. The van der Waals surface area contributed by atoms with E-state index in [0.29, 0.717) is 6.10 Å². The van der Waals surface area contributed by atoms with Gasteiger partial charge in [-0.3, -0.25) is 0 Å². The van der Waals surface area contributed by atoms with Crippen molar-refractivity contribution in [2.45, 2.75) is 31.8 Å². The van der Waals surface area contributed by atoms with E-state index in [9.17, 15) is 0 Å². The molecular weight excluding hydrogens is 214 g/mol. The van der Waals surface area contributed by atoms with Gasteiger partial charge in [-0.1, -0.05) is 0 Å². The molecule has 2 unspecified atom stereocenters. The smallest absolute Gasteiger partial charge is 0.0809 e. The standard InChI is InChI=1S/C11H21NO2.ClH/c1-3-10(7-12-5-1)8-13-9-11-4-2-6-14-11;/h10-12H,1-9H2;1H. The molecule has 1 N–H and O–H groups in total. The van der Waals surface area contributed by atoms with Crippen LogP contribution in [0.1, 0.15) is 25.7 Å². The average molecular weight is 236 g/mol. The molecule has 0 aromatic carbocycles. The minimum atomic E-state index is 0. The van der Waals surface area contributed by atoms with Gasteiger partial charge in [0.05, 0.1) is 19.3 Å². The van der Waals surface area contributed by atoms with Gasteiger partial charge in [0.1, 0.15) is 0 Å². The Bertz CT molecular complexity index is 157. The number of rotatable bonds is 4. The molecule has 0 saturated carbocycles. The molecule has 0 spiro atoms. The minimum absolute atomic E-state index is 0. The van der Waals surface area contributed by atoms with Crippen LogP contribution >= 0.6 is 12.4 Å². The topological polar surface area (TPSA) is 30.5 Å². The third-order valence-corrected chi connectivity index (χ3v) is 3.08. The van der Waals surface area contributed by atoms with Crippen molar-refractivity contribution in [1.82, 2.24) is 5.32 Å². The third-order valence-electron chi connectivity index (χ3n) is 3.08. The number of halogens is 1. The van der Waals surface area contributed by atoms with Gasteiger partial charge in [-0.2, -0.15) is 0 Å². The Morgan fingerprint density at radius 1 is 1.20 bits per heavy atom.